The average molecular weight is 287 g/mol. The number of ether oxygens (including phenoxy) is 2. The SMILES string of the molecule is COc1cccc(C(O)COc2ccc(C(C)N)cc2)c1. The standard InChI is InChI=1S/C17H21NO3/c1-12(18)13-6-8-15(9-7-13)21-11-17(19)14-4-3-5-16(10-14)20-2/h3-10,12,17,19H,11,18H2,1-2H3. The van der Waals surface area contributed by atoms with E-state index in [1.165, 1.54) is 0 Å². The van der Waals surface area contributed by atoms with Crippen molar-refractivity contribution in [3.05, 3.63) is 59.7 Å². The molecule has 2 aromatic rings. The summed E-state index contributed by atoms with van der Waals surface area (Å²) in [6.45, 7) is 2.12. The highest BCUT2D eigenvalue weighted by Gasteiger charge is 2.09. The van der Waals surface area contributed by atoms with Gasteiger partial charge in [0, 0.05) is 6.04 Å². The first-order valence-electron chi connectivity index (χ1n) is 6.90. The third-order valence-electron chi connectivity index (χ3n) is 3.29. The molecular formula is C17H21NO3. The van der Waals surface area contributed by atoms with Gasteiger partial charge in [0.25, 0.3) is 0 Å². The molecule has 0 aliphatic carbocycles. The van der Waals surface area contributed by atoms with Crippen molar-refractivity contribution in [3.8, 4) is 11.5 Å². The molecule has 0 fully saturated rings. The van der Waals surface area contributed by atoms with Crippen LogP contribution in [0.1, 0.15) is 30.2 Å². The Morgan fingerprint density at radius 1 is 1.05 bits per heavy atom. The molecule has 2 rings (SSSR count). The van der Waals surface area contributed by atoms with E-state index in [4.69, 9.17) is 15.2 Å². The summed E-state index contributed by atoms with van der Waals surface area (Å²) in [6, 6.07) is 14.9. The Morgan fingerprint density at radius 3 is 2.38 bits per heavy atom. The normalized spacial score (nSPS) is 13.5. The Hall–Kier alpha value is -2.04. The summed E-state index contributed by atoms with van der Waals surface area (Å²) < 4.78 is 10.7. The number of rotatable bonds is 6. The average Bonchev–Trinajstić information content (AvgIpc) is 2.53. The van der Waals surface area contributed by atoms with Crippen molar-refractivity contribution in [3.63, 3.8) is 0 Å². The molecular weight excluding hydrogens is 266 g/mol. The van der Waals surface area contributed by atoms with Crippen LogP contribution in [0.5, 0.6) is 11.5 Å². The van der Waals surface area contributed by atoms with Crippen LogP contribution in [0.25, 0.3) is 0 Å². The summed E-state index contributed by atoms with van der Waals surface area (Å²) in [7, 11) is 1.60. The zero-order valence-corrected chi connectivity index (χ0v) is 12.3. The van der Waals surface area contributed by atoms with Gasteiger partial charge in [-0.2, -0.15) is 0 Å². The molecule has 0 spiro atoms. The molecule has 2 aromatic carbocycles. The van der Waals surface area contributed by atoms with E-state index in [-0.39, 0.29) is 12.6 Å². The highest BCUT2D eigenvalue weighted by molar-refractivity contribution is 5.31. The molecule has 0 amide bonds. The van der Waals surface area contributed by atoms with Crippen LogP contribution >= 0.6 is 0 Å². The van der Waals surface area contributed by atoms with Crippen molar-refractivity contribution in [1.29, 1.82) is 0 Å². The largest absolute Gasteiger partial charge is 0.497 e. The minimum absolute atomic E-state index is 0.00132. The maximum absolute atomic E-state index is 10.1. The third-order valence-corrected chi connectivity index (χ3v) is 3.29. The van der Waals surface area contributed by atoms with Gasteiger partial charge in [-0.3, -0.25) is 0 Å². The van der Waals surface area contributed by atoms with Crippen LogP contribution in [0.3, 0.4) is 0 Å². The van der Waals surface area contributed by atoms with Gasteiger partial charge in [-0.15, -0.1) is 0 Å². The molecule has 112 valence electrons. The maximum Gasteiger partial charge on any atom is 0.119 e. The van der Waals surface area contributed by atoms with Crippen molar-refractivity contribution in [2.75, 3.05) is 13.7 Å². The first-order chi connectivity index (χ1) is 10.1. The third kappa shape index (κ3) is 4.21. The smallest absolute Gasteiger partial charge is 0.119 e. The van der Waals surface area contributed by atoms with Gasteiger partial charge in [0.1, 0.15) is 24.2 Å². The number of hydrogen-bond donors (Lipinski definition) is 2. The van der Waals surface area contributed by atoms with E-state index in [0.29, 0.717) is 11.5 Å². The summed E-state index contributed by atoms with van der Waals surface area (Å²) in [6.07, 6.45) is -0.701. The van der Waals surface area contributed by atoms with Crippen LogP contribution in [0, 0.1) is 0 Å². The predicted octanol–water partition coefficient (Wildman–Crippen LogP) is 2.83. The maximum atomic E-state index is 10.1. The molecule has 0 radical (unpaired) electrons. The summed E-state index contributed by atoms with van der Waals surface area (Å²) >= 11 is 0. The zero-order valence-electron chi connectivity index (χ0n) is 12.3. The van der Waals surface area contributed by atoms with E-state index < -0.39 is 6.10 Å². The monoisotopic (exact) mass is 287 g/mol. The van der Waals surface area contributed by atoms with E-state index in [0.717, 1.165) is 11.1 Å². The van der Waals surface area contributed by atoms with Crippen LogP contribution in [0.2, 0.25) is 0 Å². The van der Waals surface area contributed by atoms with Gasteiger partial charge in [0.05, 0.1) is 7.11 Å². The van der Waals surface area contributed by atoms with Crippen LogP contribution < -0.4 is 15.2 Å². The van der Waals surface area contributed by atoms with Gasteiger partial charge < -0.3 is 20.3 Å². The highest BCUT2D eigenvalue weighted by atomic mass is 16.5. The molecule has 21 heavy (non-hydrogen) atoms. The Morgan fingerprint density at radius 2 is 1.76 bits per heavy atom. The molecule has 0 saturated heterocycles. The van der Waals surface area contributed by atoms with Crippen molar-refractivity contribution >= 4 is 0 Å². The second kappa shape index (κ2) is 7.11. The molecule has 4 nitrogen and oxygen atoms in total. The molecule has 0 heterocycles. The highest BCUT2D eigenvalue weighted by Crippen LogP contribution is 2.21. The lowest BCUT2D eigenvalue weighted by Gasteiger charge is -2.14. The first-order valence-corrected chi connectivity index (χ1v) is 6.90. The molecule has 3 N–H and O–H groups in total. The van der Waals surface area contributed by atoms with Crippen molar-refractivity contribution in [1.82, 2.24) is 0 Å². The predicted molar refractivity (Wildman–Crippen MR) is 82.5 cm³/mol. The molecule has 0 saturated carbocycles. The van der Waals surface area contributed by atoms with Crippen LogP contribution in [-0.2, 0) is 0 Å². The van der Waals surface area contributed by atoms with E-state index in [2.05, 4.69) is 0 Å². The van der Waals surface area contributed by atoms with Gasteiger partial charge in [-0.1, -0.05) is 24.3 Å². The Bertz CT molecular complexity index is 567. The fourth-order valence-electron chi connectivity index (χ4n) is 1.99. The second-order valence-electron chi connectivity index (χ2n) is 4.96. The quantitative estimate of drug-likeness (QED) is 0.857. The van der Waals surface area contributed by atoms with E-state index in [9.17, 15) is 5.11 Å². The first kappa shape index (κ1) is 15.4. The summed E-state index contributed by atoms with van der Waals surface area (Å²) in [5, 5.41) is 10.1. The zero-order chi connectivity index (χ0) is 15.2. The number of benzene rings is 2. The number of hydrogen-bond acceptors (Lipinski definition) is 4. The van der Waals surface area contributed by atoms with E-state index >= 15 is 0 Å². The van der Waals surface area contributed by atoms with Crippen molar-refractivity contribution in [2.24, 2.45) is 5.73 Å². The fraction of sp³-hybridized carbons (Fsp3) is 0.294. The molecule has 2 unspecified atom stereocenters. The second-order valence-corrected chi connectivity index (χ2v) is 4.96. The summed E-state index contributed by atoms with van der Waals surface area (Å²) in [4.78, 5) is 0. The van der Waals surface area contributed by atoms with E-state index in [1.54, 1.807) is 13.2 Å². The summed E-state index contributed by atoms with van der Waals surface area (Å²) in [5.41, 5.74) is 7.61. The molecule has 0 aromatic heterocycles. The van der Waals surface area contributed by atoms with E-state index in [1.807, 2.05) is 49.4 Å². The van der Waals surface area contributed by atoms with Crippen molar-refractivity contribution < 1.29 is 14.6 Å². The minimum Gasteiger partial charge on any atom is -0.497 e. The van der Waals surface area contributed by atoms with Gasteiger partial charge in [0.2, 0.25) is 0 Å². The lowest BCUT2D eigenvalue weighted by atomic mass is 10.1. The molecule has 0 aliphatic heterocycles. The Balaban J connectivity index is 1.95. The van der Waals surface area contributed by atoms with Crippen LogP contribution in [-0.4, -0.2) is 18.8 Å². The lowest BCUT2D eigenvalue weighted by Crippen LogP contribution is -2.10. The lowest BCUT2D eigenvalue weighted by molar-refractivity contribution is 0.108. The van der Waals surface area contributed by atoms with Gasteiger partial charge in [-0.05, 0) is 42.3 Å². The number of nitrogens with two attached hydrogens (primary N) is 1. The number of aliphatic hydroxyl groups is 1. The Kier molecular flexibility index (Phi) is 5.20. The van der Waals surface area contributed by atoms with Gasteiger partial charge in [-0.25, -0.2) is 0 Å². The molecule has 2 atom stereocenters. The topological polar surface area (TPSA) is 64.7 Å². The Labute approximate surface area is 125 Å². The molecule has 0 aliphatic rings. The number of methoxy groups -OCH3 is 1. The fourth-order valence-corrected chi connectivity index (χ4v) is 1.99. The van der Waals surface area contributed by atoms with Gasteiger partial charge in [0.15, 0.2) is 0 Å². The summed E-state index contributed by atoms with van der Waals surface area (Å²) in [5.74, 6) is 1.43. The van der Waals surface area contributed by atoms with Crippen LogP contribution in [0.4, 0.5) is 0 Å². The molecule has 4 heteroatoms. The number of aliphatic hydroxyl groups excluding tert-OH is 1. The van der Waals surface area contributed by atoms with Crippen LogP contribution in [0.15, 0.2) is 48.5 Å². The van der Waals surface area contributed by atoms with Crippen molar-refractivity contribution in [2.45, 2.75) is 19.1 Å². The van der Waals surface area contributed by atoms with Gasteiger partial charge >= 0.3 is 0 Å². The minimum atomic E-state index is -0.701. The molecule has 0 bridgehead atoms.